The lowest BCUT2D eigenvalue weighted by atomic mass is 9.80. The van der Waals surface area contributed by atoms with Crippen LogP contribution in [0.1, 0.15) is 0 Å². The van der Waals surface area contributed by atoms with Gasteiger partial charge >= 0.3 is 0 Å². The molecule has 2 saturated heterocycles. The molecule has 0 amide bonds. The third kappa shape index (κ3) is 2.65. The van der Waals surface area contributed by atoms with Gasteiger partial charge in [0.25, 0.3) is 11.6 Å². The zero-order valence-electron chi connectivity index (χ0n) is 12.3. The van der Waals surface area contributed by atoms with Crippen LogP contribution in [0.5, 0.6) is 0 Å². The molecule has 0 aromatic carbocycles. The summed E-state index contributed by atoms with van der Waals surface area (Å²) in [6.07, 6.45) is -16.2. The van der Waals surface area contributed by atoms with E-state index in [1.54, 1.807) is 0 Å². The number of aliphatic hydroxyl groups excluding tert-OH is 8. The van der Waals surface area contributed by atoms with Gasteiger partial charge in [0.05, 0.1) is 13.2 Å². The topological polar surface area (TPSA) is 221 Å². The maximum absolute atomic E-state index is 10.5. The van der Waals surface area contributed by atoms with Gasteiger partial charge < -0.3 is 60.5 Å². The van der Waals surface area contributed by atoms with Gasteiger partial charge in [-0.25, -0.2) is 0 Å². The molecule has 2 rings (SSSR count). The Morgan fingerprint density at radius 1 is 0.583 bits per heavy atom. The smallest absolute Gasteiger partial charge is 0.254 e. The van der Waals surface area contributed by atoms with Gasteiger partial charge in [-0.3, -0.25) is 0 Å². The lowest BCUT2D eigenvalue weighted by Crippen LogP contribution is -2.81. The van der Waals surface area contributed by atoms with Gasteiger partial charge in [-0.15, -0.1) is 0 Å². The van der Waals surface area contributed by atoms with Crippen molar-refractivity contribution in [3.05, 3.63) is 0 Å². The van der Waals surface area contributed by atoms with E-state index in [-0.39, 0.29) is 0 Å². The van der Waals surface area contributed by atoms with Crippen LogP contribution in [0.2, 0.25) is 0 Å². The minimum atomic E-state index is -3.33. The minimum Gasteiger partial charge on any atom is -0.394 e. The summed E-state index contributed by atoms with van der Waals surface area (Å²) < 4.78 is 9.69. The van der Waals surface area contributed by atoms with Crippen molar-refractivity contribution in [2.45, 2.75) is 60.4 Å². The molecule has 10 N–H and O–H groups in total. The number of hydrogen-bond acceptors (Lipinski definition) is 12. The second-order valence-electron chi connectivity index (χ2n) is 5.92. The van der Waals surface area contributed by atoms with E-state index < -0.39 is 73.6 Å². The Morgan fingerprint density at radius 3 is 1.12 bits per heavy atom. The van der Waals surface area contributed by atoms with Crippen molar-refractivity contribution in [1.29, 1.82) is 0 Å². The summed E-state index contributed by atoms with van der Waals surface area (Å²) in [5.41, 5.74) is 0. The fourth-order valence-electron chi connectivity index (χ4n) is 2.90. The summed E-state index contributed by atoms with van der Waals surface area (Å²) in [6, 6.07) is 0. The Balaban J connectivity index is 2.45. The molecule has 0 aliphatic carbocycles. The van der Waals surface area contributed by atoms with E-state index >= 15 is 0 Å². The fourth-order valence-corrected chi connectivity index (χ4v) is 2.90. The average molecular weight is 358 g/mol. The van der Waals surface area contributed by atoms with Gasteiger partial charge in [0, 0.05) is 0 Å². The van der Waals surface area contributed by atoms with Gasteiger partial charge in [0.1, 0.15) is 48.8 Å². The van der Waals surface area contributed by atoms with Crippen molar-refractivity contribution < 1.29 is 60.5 Å². The standard InChI is InChI=1S/C12H22O12/c13-1-3-5(15)7(17)9(19)11(21,23-3)12(22)10(20)8(18)6(16)4(2-14)24-12/h3-10,13-22H,1-2H2/t3-,4-,5-,6+,7+,8+,9-,10-,11+,12?/m1/s1. The molecule has 142 valence electrons. The summed E-state index contributed by atoms with van der Waals surface area (Å²) in [5.74, 6) is -6.65. The SMILES string of the molecule is OC[C@H]1OC(O)([C@@]2(O)O[C@H](CO)[C@@H](O)[C@H](O)[C@H]2O)[C@H](O)[C@@H](O)[C@H]1O. The van der Waals surface area contributed by atoms with Crippen LogP contribution in [0.3, 0.4) is 0 Å². The van der Waals surface area contributed by atoms with Crippen molar-refractivity contribution in [3.63, 3.8) is 0 Å². The van der Waals surface area contributed by atoms with Gasteiger partial charge in [0.15, 0.2) is 0 Å². The zero-order valence-corrected chi connectivity index (χ0v) is 12.3. The van der Waals surface area contributed by atoms with Crippen molar-refractivity contribution in [1.82, 2.24) is 0 Å². The molecule has 2 fully saturated rings. The fraction of sp³-hybridized carbons (Fsp3) is 1.00. The molecule has 0 aromatic rings. The molecule has 2 aliphatic rings. The van der Waals surface area contributed by atoms with Gasteiger partial charge in [0.2, 0.25) is 0 Å². The van der Waals surface area contributed by atoms with Gasteiger partial charge in [-0.05, 0) is 0 Å². The van der Waals surface area contributed by atoms with Crippen molar-refractivity contribution in [2.24, 2.45) is 0 Å². The summed E-state index contributed by atoms with van der Waals surface area (Å²) in [7, 11) is 0. The first kappa shape index (κ1) is 19.8. The molecule has 10 atom stereocenters. The Kier molecular flexibility index (Phi) is 5.52. The summed E-state index contributed by atoms with van der Waals surface area (Å²) in [6.45, 7) is -1.90. The molecule has 1 unspecified atom stereocenters. The Labute approximate surface area is 135 Å². The molecule has 0 aromatic heterocycles. The minimum absolute atomic E-state index is 0.950. The van der Waals surface area contributed by atoms with Gasteiger partial charge in [-0.1, -0.05) is 0 Å². The molecule has 2 heterocycles. The highest BCUT2D eigenvalue weighted by Crippen LogP contribution is 2.43. The Hall–Kier alpha value is -0.480. The molecular weight excluding hydrogens is 336 g/mol. The van der Waals surface area contributed by atoms with Crippen molar-refractivity contribution >= 4 is 0 Å². The third-order valence-electron chi connectivity index (χ3n) is 4.45. The van der Waals surface area contributed by atoms with Crippen molar-refractivity contribution in [2.75, 3.05) is 13.2 Å². The number of rotatable bonds is 3. The highest BCUT2D eigenvalue weighted by atomic mass is 16.7. The van der Waals surface area contributed by atoms with Crippen LogP contribution in [-0.4, -0.2) is 125 Å². The normalized spacial score (nSPS) is 56.2. The van der Waals surface area contributed by atoms with Crippen LogP contribution in [0.15, 0.2) is 0 Å². The molecule has 12 heteroatoms. The van der Waals surface area contributed by atoms with Crippen molar-refractivity contribution in [3.8, 4) is 0 Å². The summed E-state index contributed by atoms with van der Waals surface area (Å²) in [4.78, 5) is 0. The summed E-state index contributed by atoms with van der Waals surface area (Å²) >= 11 is 0. The first-order chi connectivity index (χ1) is 11.0. The molecule has 12 nitrogen and oxygen atoms in total. The molecule has 0 bridgehead atoms. The molecule has 0 spiro atoms. The maximum Gasteiger partial charge on any atom is 0.254 e. The monoisotopic (exact) mass is 358 g/mol. The molecular formula is C12H22O12. The zero-order chi connectivity index (χ0) is 18.4. The van der Waals surface area contributed by atoms with Crippen LogP contribution in [0.4, 0.5) is 0 Å². The molecule has 24 heavy (non-hydrogen) atoms. The van der Waals surface area contributed by atoms with Crippen LogP contribution in [0.25, 0.3) is 0 Å². The number of ether oxygens (including phenoxy) is 2. The largest absolute Gasteiger partial charge is 0.394 e. The van der Waals surface area contributed by atoms with E-state index in [2.05, 4.69) is 0 Å². The first-order valence-electron chi connectivity index (χ1n) is 7.15. The van der Waals surface area contributed by atoms with Crippen LogP contribution in [0, 0.1) is 0 Å². The first-order valence-corrected chi connectivity index (χ1v) is 7.15. The van der Waals surface area contributed by atoms with Crippen LogP contribution < -0.4 is 0 Å². The van der Waals surface area contributed by atoms with E-state index in [1.165, 1.54) is 0 Å². The highest BCUT2D eigenvalue weighted by molar-refractivity contribution is 5.09. The van der Waals surface area contributed by atoms with Crippen LogP contribution >= 0.6 is 0 Å². The molecule has 2 aliphatic heterocycles. The lowest BCUT2D eigenvalue weighted by Gasteiger charge is -2.56. The van der Waals surface area contributed by atoms with E-state index in [9.17, 15) is 40.9 Å². The summed E-state index contributed by atoms with van der Waals surface area (Å²) in [5, 5.41) is 98.3. The molecule has 0 saturated carbocycles. The van der Waals surface area contributed by atoms with E-state index in [0.29, 0.717) is 0 Å². The predicted molar refractivity (Wildman–Crippen MR) is 69.9 cm³/mol. The Morgan fingerprint density at radius 2 is 0.875 bits per heavy atom. The third-order valence-corrected chi connectivity index (χ3v) is 4.45. The quantitative estimate of drug-likeness (QED) is 0.227. The maximum atomic E-state index is 10.5. The number of hydrogen-bond donors (Lipinski definition) is 10. The van der Waals surface area contributed by atoms with E-state index in [0.717, 1.165) is 0 Å². The predicted octanol–water partition coefficient (Wildman–Crippen LogP) is -6.69. The van der Waals surface area contributed by atoms with E-state index in [1.807, 2.05) is 0 Å². The van der Waals surface area contributed by atoms with E-state index in [4.69, 9.17) is 19.7 Å². The highest BCUT2D eigenvalue weighted by Gasteiger charge is 2.71. The average Bonchev–Trinajstić information content (AvgIpc) is 2.57. The lowest BCUT2D eigenvalue weighted by molar-refractivity contribution is -0.490. The van der Waals surface area contributed by atoms with Crippen LogP contribution in [-0.2, 0) is 9.47 Å². The molecule has 0 radical (unpaired) electrons. The second kappa shape index (κ2) is 6.68. The Bertz CT molecular complexity index is 406. The second-order valence-corrected chi connectivity index (χ2v) is 5.92. The number of aliphatic hydroxyl groups is 10. The van der Waals surface area contributed by atoms with Gasteiger partial charge in [-0.2, -0.15) is 0 Å².